The Morgan fingerprint density at radius 2 is 1.80 bits per heavy atom. The quantitative estimate of drug-likeness (QED) is 0.643. The molecule has 0 aliphatic heterocycles. The lowest BCUT2D eigenvalue weighted by Gasteiger charge is -2.19. The maximum absolute atomic E-state index is 12.0. The maximum atomic E-state index is 12.0. The van der Waals surface area contributed by atoms with Crippen LogP contribution in [0.4, 0.5) is 9.59 Å². The van der Waals surface area contributed by atoms with E-state index < -0.39 is 36.1 Å². The Bertz CT molecular complexity index is 649. The van der Waals surface area contributed by atoms with E-state index in [2.05, 4.69) is 10.1 Å². The van der Waals surface area contributed by atoms with Crippen molar-refractivity contribution in [2.75, 3.05) is 7.11 Å². The predicted octanol–water partition coefficient (Wildman–Crippen LogP) is 1.25. The minimum absolute atomic E-state index is 0.277. The monoisotopic (exact) mass is 371 g/mol. The van der Waals surface area contributed by atoms with Gasteiger partial charge in [-0.3, -0.25) is 14.9 Å². The van der Waals surface area contributed by atoms with Crippen LogP contribution in [0.3, 0.4) is 0 Å². The van der Waals surface area contributed by atoms with Gasteiger partial charge in [0, 0.05) is 5.02 Å². The number of carbonyl (C=O) groups is 4. The van der Waals surface area contributed by atoms with Crippen LogP contribution < -0.4 is 16.4 Å². The largest absolute Gasteiger partial charge is 0.453 e. The molecule has 0 fully saturated rings. The summed E-state index contributed by atoms with van der Waals surface area (Å²) < 4.78 is 9.21. The van der Waals surface area contributed by atoms with Gasteiger partial charge in [-0.25, -0.2) is 9.59 Å². The predicted molar refractivity (Wildman–Crippen MR) is 87.6 cm³/mol. The van der Waals surface area contributed by atoms with Gasteiger partial charge in [-0.1, -0.05) is 23.7 Å². The molecule has 0 aromatic heterocycles. The molecule has 136 valence electrons. The lowest BCUT2D eigenvalue weighted by molar-refractivity contribution is -0.155. The molecule has 0 heterocycles. The second kappa shape index (κ2) is 9.48. The fraction of sp³-hybridized carbons (Fsp3) is 0.333. The molecular formula is C15H18ClN3O6. The summed E-state index contributed by atoms with van der Waals surface area (Å²) in [6.45, 7) is 1.29. The molecule has 1 rings (SSSR count). The molecule has 10 heteroatoms. The highest BCUT2D eigenvalue weighted by Crippen LogP contribution is 2.20. The van der Waals surface area contributed by atoms with Crippen molar-refractivity contribution in [3.8, 4) is 0 Å². The third-order valence-corrected chi connectivity index (χ3v) is 3.30. The standard InChI is InChI=1S/C15H18ClN3O6/c1-8(13(21)19-15(23)24-2)25-12(20)7-11(18-14(17)22)9-3-5-10(16)6-4-9/h3-6,8,11H,7H2,1-2H3,(H3,17,18,22)(H,19,21,23)/t8-,11-/m1/s1. The molecule has 0 saturated carbocycles. The maximum Gasteiger partial charge on any atom is 0.413 e. The number of rotatable bonds is 6. The Hall–Kier alpha value is -2.81. The molecular weight excluding hydrogens is 354 g/mol. The Labute approximate surface area is 148 Å². The molecule has 9 nitrogen and oxygen atoms in total. The summed E-state index contributed by atoms with van der Waals surface area (Å²) in [6.07, 6.45) is -2.48. The van der Waals surface area contributed by atoms with Crippen molar-refractivity contribution >= 4 is 35.6 Å². The van der Waals surface area contributed by atoms with E-state index >= 15 is 0 Å². The minimum atomic E-state index is -1.23. The number of benzene rings is 1. The van der Waals surface area contributed by atoms with E-state index in [9.17, 15) is 19.2 Å². The van der Waals surface area contributed by atoms with Gasteiger partial charge in [0.05, 0.1) is 19.6 Å². The van der Waals surface area contributed by atoms with Crippen LogP contribution in [0.15, 0.2) is 24.3 Å². The van der Waals surface area contributed by atoms with Crippen LogP contribution in [0.2, 0.25) is 5.02 Å². The SMILES string of the molecule is COC(=O)NC(=O)[C@@H](C)OC(=O)C[C@@H](NC(N)=O)c1ccc(Cl)cc1. The van der Waals surface area contributed by atoms with Crippen LogP contribution in [-0.4, -0.2) is 37.2 Å². The van der Waals surface area contributed by atoms with Crippen LogP contribution >= 0.6 is 11.6 Å². The molecule has 2 atom stereocenters. The Morgan fingerprint density at radius 3 is 2.32 bits per heavy atom. The minimum Gasteiger partial charge on any atom is -0.453 e. The van der Waals surface area contributed by atoms with Gasteiger partial charge < -0.3 is 20.5 Å². The number of nitrogens with one attached hydrogen (secondary N) is 2. The second-order valence-corrected chi connectivity index (χ2v) is 5.37. The smallest absolute Gasteiger partial charge is 0.413 e. The van der Waals surface area contributed by atoms with E-state index in [0.29, 0.717) is 10.6 Å². The number of esters is 1. The molecule has 0 spiro atoms. The third-order valence-electron chi connectivity index (χ3n) is 3.05. The molecule has 0 bridgehead atoms. The van der Waals surface area contributed by atoms with Crippen molar-refractivity contribution in [3.63, 3.8) is 0 Å². The van der Waals surface area contributed by atoms with Crippen molar-refractivity contribution in [1.82, 2.24) is 10.6 Å². The summed E-state index contributed by atoms with van der Waals surface area (Å²) in [4.78, 5) is 45.7. The van der Waals surface area contributed by atoms with Crippen molar-refractivity contribution in [2.45, 2.75) is 25.5 Å². The van der Waals surface area contributed by atoms with Crippen molar-refractivity contribution in [2.24, 2.45) is 5.73 Å². The highest BCUT2D eigenvalue weighted by Gasteiger charge is 2.23. The average Bonchev–Trinajstić information content (AvgIpc) is 2.54. The van der Waals surface area contributed by atoms with E-state index in [1.807, 2.05) is 5.32 Å². The first-order valence-electron chi connectivity index (χ1n) is 7.12. The van der Waals surface area contributed by atoms with Gasteiger partial charge in [0.25, 0.3) is 5.91 Å². The van der Waals surface area contributed by atoms with Gasteiger partial charge in [-0.15, -0.1) is 0 Å². The molecule has 4 N–H and O–H groups in total. The number of halogens is 1. The number of methoxy groups -OCH3 is 1. The summed E-state index contributed by atoms with van der Waals surface area (Å²) in [5.41, 5.74) is 5.69. The van der Waals surface area contributed by atoms with E-state index in [1.54, 1.807) is 24.3 Å². The first kappa shape index (κ1) is 20.2. The van der Waals surface area contributed by atoms with E-state index in [4.69, 9.17) is 22.1 Å². The number of imide groups is 1. The molecule has 0 aliphatic carbocycles. The molecule has 0 aliphatic rings. The lowest BCUT2D eigenvalue weighted by atomic mass is 10.0. The summed E-state index contributed by atoms with van der Waals surface area (Å²) in [5, 5.41) is 4.77. The van der Waals surface area contributed by atoms with E-state index in [1.165, 1.54) is 6.92 Å². The first-order valence-corrected chi connectivity index (χ1v) is 7.50. The van der Waals surface area contributed by atoms with Gasteiger partial charge in [-0.05, 0) is 24.6 Å². The topological polar surface area (TPSA) is 137 Å². The second-order valence-electron chi connectivity index (χ2n) is 4.93. The third kappa shape index (κ3) is 7.08. The zero-order valence-corrected chi connectivity index (χ0v) is 14.3. The fourth-order valence-electron chi connectivity index (χ4n) is 1.84. The lowest BCUT2D eigenvalue weighted by Crippen LogP contribution is -2.40. The van der Waals surface area contributed by atoms with E-state index in [-0.39, 0.29) is 6.42 Å². The van der Waals surface area contributed by atoms with Gasteiger partial charge in [-0.2, -0.15) is 0 Å². The summed E-state index contributed by atoms with van der Waals surface area (Å²) in [5.74, 6) is -1.62. The number of amides is 4. The summed E-state index contributed by atoms with van der Waals surface area (Å²) >= 11 is 5.80. The Balaban J connectivity index is 2.71. The molecule has 25 heavy (non-hydrogen) atoms. The van der Waals surface area contributed by atoms with Crippen LogP contribution in [-0.2, 0) is 19.1 Å². The number of nitrogens with two attached hydrogens (primary N) is 1. The number of alkyl carbamates (subject to hydrolysis) is 1. The zero-order valence-electron chi connectivity index (χ0n) is 13.6. The zero-order chi connectivity index (χ0) is 19.0. The molecule has 1 aromatic rings. The molecule has 0 saturated heterocycles. The van der Waals surface area contributed by atoms with Gasteiger partial charge in [0.1, 0.15) is 0 Å². The Kier molecular flexibility index (Phi) is 7.67. The molecule has 4 amide bonds. The van der Waals surface area contributed by atoms with Gasteiger partial charge >= 0.3 is 18.1 Å². The highest BCUT2D eigenvalue weighted by atomic mass is 35.5. The molecule has 0 unspecified atom stereocenters. The van der Waals surface area contributed by atoms with Crippen LogP contribution in [0.25, 0.3) is 0 Å². The van der Waals surface area contributed by atoms with E-state index in [0.717, 1.165) is 7.11 Å². The first-order chi connectivity index (χ1) is 11.7. The van der Waals surface area contributed by atoms with Crippen LogP contribution in [0.1, 0.15) is 24.9 Å². The summed E-state index contributed by atoms with van der Waals surface area (Å²) in [7, 11) is 1.09. The van der Waals surface area contributed by atoms with Crippen LogP contribution in [0, 0.1) is 0 Å². The summed E-state index contributed by atoms with van der Waals surface area (Å²) in [6, 6.07) is 4.81. The van der Waals surface area contributed by atoms with Crippen molar-refractivity contribution in [3.05, 3.63) is 34.9 Å². The highest BCUT2D eigenvalue weighted by molar-refractivity contribution is 6.30. The fourth-order valence-corrected chi connectivity index (χ4v) is 1.96. The number of primary amides is 1. The van der Waals surface area contributed by atoms with Crippen LogP contribution in [0.5, 0.6) is 0 Å². The number of hydrogen-bond acceptors (Lipinski definition) is 6. The number of hydrogen-bond donors (Lipinski definition) is 3. The molecule has 1 aromatic carbocycles. The normalized spacial score (nSPS) is 12.4. The average molecular weight is 372 g/mol. The van der Waals surface area contributed by atoms with Gasteiger partial charge in [0.15, 0.2) is 6.10 Å². The van der Waals surface area contributed by atoms with Crippen molar-refractivity contribution in [1.29, 1.82) is 0 Å². The van der Waals surface area contributed by atoms with Crippen molar-refractivity contribution < 1.29 is 28.7 Å². The number of urea groups is 1. The van der Waals surface area contributed by atoms with Gasteiger partial charge in [0.2, 0.25) is 0 Å². The number of carbonyl (C=O) groups excluding carboxylic acids is 4. The Morgan fingerprint density at radius 1 is 1.20 bits per heavy atom. The molecule has 0 radical (unpaired) electrons. The number of ether oxygens (including phenoxy) is 2.